The number of sulfone groups is 1. The van der Waals surface area contributed by atoms with Gasteiger partial charge in [-0.2, -0.15) is 0 Å². The van der Waals surface area contributed by atoms with E-state index >= 15 is 0 Å². The average Bonchev–Trinajstić information content (AvgIpc) is 2.29. The zero-order valence-corrected chi connectivity index (χ0v) is 11.2. The molecule has 0 aromatic carbocycles. The first-order valence-corrected chi connectivity index (χ1v) is 7.65. The Morgan fingerprint density at radius 3 is 2.82 bits per heavy atom. The number of rotatable bonds is 6. The molecule has 1 aromatic rings. The lowest BCUT2D eigenvalue weighted by molar-refractivity contribution is 0.162. The fourth-order valence-electron chi connectivity index (χ4n) is 1.42. The van der Waals surface area contributed by atoms with Crippen molar-refractivity contribution < 1.29 is 13.5 Å². The van der Waals surface area contributed by atoms with Crippen LogP contribution in [0.5, 0.6) is 0 Å². The minimum absolute atomic E-state index is 0.0883. The number of aliphatic hydroxyl groups is 1. The van der Waals surface area contributed by atoms with Crippen molar-refractivity contribution in [2.24, 2.45) is 0 Å². The highest BCUT2D eigenvalue weighted by Crippen LogP contribution is 2.23. The third kappa shape index (κ3) is 4.61. The molecule has 4 nitrogen and oxygen atoms in total. The standard InChI is InChI=1S/C11H16ClNO3S/c1-2-17(15,16)8-4-6-10(14)11-9(12)5-3-7-13-11/h3,5,7,10,14H,2,4,6,8H2,1H3. The van der Waals surface area contributed by atoms with Crippen molar-refractivity contribution in [3.63, 3.8) is 0 Å². The van der Waals surface area contributed by atoms with Gasteiger partial charge in [-0.05, 0) is 25.0 Å². The van der Waals surface area contributed by atoms with Gasteiger partial charge in [0.2, 0.25) is 0 Å². The molecular formula is C11H16ClNO3S. The Morgan fingerprint density at radius 2 is 2.24 bits per heavy atom. The van der Waals surface area contributed by atoms with Gasteiger partial charge in [0.05, 0.1) is 22.6 Å². The second-order valence-electron chi connectivity index (χ2n) is 3.76. The van der Waals surface area contributed by atoms with Crippen molar-refractivity contribution >= 4 is 21.4 Å². The topological polar surface area (TPSA) is 67.3 Å². The van der Waals surface area contributed by atoms with Gasteiger partial charge in [0.1, 0.15) is 9.84 Å². The molecule has 0 fully saturated rings. The summed E-state index contributed by atoms with van der Waals surface area (Å²) >= 11 is 5.87. The van der Waals surface area contributed by atoms with E-state index in [1.807, 2.05) is 0 Å². The quantitative estimate of drug-likeness (QED) is 0.863. The van der Waals surface area contributed by atoms with Crippen LogP contribution < -0.4 is 0 Å². The molecule has 1 N–H and O–H groups in total. The Kier molecular flexibility index (Phi) is 5.36. The van der Waals surface area contributed by atoms with Crippen molar-refractivity contribution in [2.45, 2.75) is 25.9 Å². The molecule has 1 rings (SSSR count). The van der Waals surface area contributed by atoms with Crippen LogP contribution in [-0.4, -0.2) is 30.0 Å². The normalized spacial score (nSPS) is 13.6. The lowest BCUT2D eigenvalue weighted by atomic mass is 10.1. The predicted octanol–water partition coefficient (Wildman–Crippen LogP) is 1.98. The van der Waals surface area contributed by atoms with Crippen molar-refractivity contribution in [1.29, 1.82) is 0 Å². The Morgan fingerprint density at radius 1 is 1.53 bits per heavy atom. The summed E-state index contributed by atoms with van der Waals surface area (Å²) in [5, 5.41) is 10.2. The summed E-state index contributed by atoms with van der Waals surface area (Å²) in [6, 6.07) is 3.33. The Hall–Kier alpha value is -0.650. The van der Waals surface area contributed by atoms with E-state index in [1.165, 1.54) is 0 Å². The summed E-state index contributed by atoms with van der Waals surface area (Å²) in [5.74, 6) is 0.221. The lowest BCUT2D eigenvalue weighted by Gasteiger charge is -2.11. The fourth-order valence-corrected chi connectivity index (χ4v) is 2.56. The zero-order valence-electron chi connectivity index (χ0n) is 9.63. The number of aliphatic hydroxyl groups excluding tert-OH is 1. The van der Waals surface area contributed by atoms with E-state index in [9.17, 15) is 13.5 Å². The molecule has 0 saturated heterocycles. The molecule has 1 aromatic heterocycles. The highest BCUT2D eigenvalue weighted by atomic mass is 35.5. The molecule has 17 heavy (non-hydrogen) atoms. The first-order valence-electron chi connectivity index (χ1n) is 5.45. The van der Waals surface area contributed by atoms with Gasteiger partial charge in [-0.3, -0.25) is 4.98 Å². The summed E-state index contributed by atoms with van der Waals surface area (Å²) in [5.41, 5.74) is 0.406. The van der Waals surface area contributed by atoms with E-state index in [0.29, 0.717) is 23.6 Å². The Balaban J connectivity index is 2.51. The minimum atomic E-state index is -2.97. The molecule has 96 valence electrons. The Bertz CT molecular complexity index is 462. The van der Waals surface area contributed by atoms with E-state index in [0.717, 1.165) is 0 Å². The summed E-state index contributed by atoms with van der Waals surface area (Å²) in [6.07, 6.45) is 1.49. The fraction of sp³-hybridized carbons (Fsp3) is 0.545. The molecule has 0 bridgehead atoms. The van der Waals surface area contributed by atoms with Crippen molar-refractivity contribution in [3.8, 4) is 0 Å². The van der Waals surface area contributed by atoms with E-state index < -0.39 is 15.9 Å². The second kappa shape index (κ2) is 6.33. The highest BCUT2D eigenvalue weighted by Gasteiger charge is 2.14. The molecule has 0 aliphatic heterocycles. The molecule has 0 aliphatic carbocycles. The van der Waals surface area contributed by atoms with Crippen LogP contribution in [0.25, 0.3) is 0 Å². The summed E-state index contributed by atoms with van der Waals surface area (Å²) in [7, 11) is -2.97. The van der Waals surface area contributed by atoms with Crippen LogP contribution >= 0.6 is 11.6 Å². The summed E-state index contributed by atoms with van der Waals surface area (Å²) < 4.78 is 22.5. The van der Waals surface area contributed by atoms with Crippen LogP contribution in [0.15, 0.2) is 18.3 Å². The van der Waals surface area contributed by atoms with Crippen LogP contribution in [0.4, 0.5) is 0 Å². The maximum atomic E-state index is 11.3. The molecule has 0 saturated carbocycles. The number of hydrogen-bond acceptors (Lipinski definition) is 4. The molecule has 1 unspecified atom stereocenters. The first-order chi connectivity index (χ1) is 7.96. The van der Waals surface area contributed by atoms with Gasteiger partial charge in [-0.1, -0.05) is 18.5 Å². The van der Waals surface area contributed by atoms with Gasteiger partial charge in [0.25, 0.3) is 0 Å². The van der Waals surface area contributed by atoms with Crippen molar-refractivity contribution in [2.75, 3.05) is 11.5 Å². The maximum Gasteiger partial charge on any atom is 0.150 e. The molecular weight excluding hydrogens is 262 g/mol. The summed E-state index contributed by atoms with van der Waals surface area (Å²) in [6.45, 7) is 1.61. The van der Waals surface area contributed by atoms with Crippen LogP contribution in [-0.2, 0) is 9.84 Å². The van der Waals surface area contributed by atoms with Crippen molar-refractivity contribution in [1.82, 2.24) is 4.98 Å². The van der Waals surface area contributed by atoms with Crippen molar-refractivity contribution in [3.05, 3.63) is 29.0 Å². The molecule has 0 amide bonds. The largest absolute Gasteiger partial charge is 0.387 e. The van der Waals surface area contributed by atoms with Crippen LogP contribution in [0.3, 0.4) is 0 Å². The van der Waals surface area contributed by atoms with E-state index in [1.54, 1.807) is 25.3 Å². The average molecular weight is 278 g/mol. The number of aromatic nitrogens is 1. The molecule has 1 atom stereocenters. The number of nitrogens with zero attached hydrogens (tertiary/aromatic N) is 1. The zero-order chi connectivity index (χ0) is 12.9. The van der Waals surface area contributed by atoms with Crippen LogP contribution in [0.2, 0.25) is 5.02 Å². The SMILES string of the molecule is CCS(=O)(=O)CCCC(O)c1ncccc1Cl. The van der Waals surface area contributed by atoms with Gasteiger partial charge in [-0.15, -0.1) is 0 Å². The van der Waals surface area contributed by atoms with Crippen LogP contribution in [0, 0.1) is 0 Å². The lowest BCUT2D eigenvalue weighted by Crippen LogP contribution is -2.10. The number of hydrogen-bond donors (Lipinski definition) is 1. The third-order valence-corrected chi connectivity index (χ3v) is 4.59. The van der Waals surface area contributed by atoms with E-state index in [4.69, 9.17) is 11.6 Å². The molecule has 0 spiro atoms. The highest BCUT2D eigenvalue weighted by molar-refractivity contribution is 7.91. The van der Waals surface area contributed by atoms with Gasteiger partial charge in [0, 0.05) is 11.9 Å². The predicted molar refractivity (Wildman–Crippen MR) is 67.8 cm³/mol. The second-order valence-corrected chi connectivity index (χ2v) is 6.64. The molecule has 0 radical (unpaired) electrons. The van der Waals surface area contributed by atoms with Gasteiger partial charge < -0.3 is 5.11 Å². The Labute approximate surface area is 107 Å². The van der Waals surface area contributed by atoms with Gasteiger partial charge >= 0.3 is 0 Å². The minimum Gasteiger partial charge on any atom is -0.387 e. The maximum absolute atomic E-state index is 11.3. The molecule has 0 aliphatic rings. The van der Waals surface area contributed by atoms with Gasteiger partial charge in [0.15, 0.2) is 0 Å². The van der Waals surface area contributed by atoms with Gasteiger partial charge in [-0.25, -0.2) is 8.42 Å². The van der Waals surface area contributed by atoms with E-state index in [2.05, 4.69) is 4.98 Å². The van der Waals surface area contributed by atoms with Crippen LogP contribution in [0.1, 0.15) is 31.6 Å². The molecule has 6 heteroatoms. The number of pyridine rings is 1. The van der Waals surface area contributed by atoms with E-state index in [-0.39, 0.29) is 11.5 Å². The third-order valence-electron chi connectivity index (χ3n) is 2.48. The summed E-state index contributed by atoms with van der Waals surface area (Å²) in [4.78, 5) is 3.98. The monoisotopic (exact) mass is 277 g/mol. The number of halogens is 1. The molecule has 1 heterocycles. The first kappa shape index (κ1) is 14.4. The smallest absolute Gasteiger partial charge is 0.150 e.